The first-order valence-electron chi connectivity index (χ1n) is 4.57. The topological polar surface area (TPSA) is 37.4 Å². The van der Waals surface area contributed by atoms with Gasteiger partial charge < -0.3 is 0 Å². The summed E-state index contributed by atoms with van der Waals surface area (Å²) >= 11 is 0. The molecule has 17 heavy (non-hydrogen) atoms. The zero-order valence-corrected chi connectivity index (χ0v) is 8.27. The first kappa shape index (κ1) is 11.6. The van der Waals surface area contributed by atoms with E-state index in [4.69, 9.17) is 0 Å². The van der Waals surface area contributed by atoms with Crippen molar-refractivity contribution in [1.82, 2.24) is 0 Å². The molecule has 1 saturated heterocycles. The molecule has 2 rings (SSSR count). The average molecular weight is 247 g/mol. The quantitative estimate of drug-likeness (QED) is 0.429. The SMILES string of the molecule is O=C1CC(=O)N(c2c(F)c(F)cc(F)c2F)C1. The molecule has 0 bridgehead atoms. The Labute approximate surface area is 92.6 Å². The number of ketones is 1. The van der Waals surface area contributed by atoms with Gasteiger partial charge in [0.1, 0.15) is 5.69 Å². The molecule has 1 aromatic rings. The van der Waals surface area contributed by atoms with Crippen LogP contribution in [-0.2, 0) is 9.59 Å². The highest BCUT2D eigenvalue weighted by atomic mass is 19.2. The predicted molar refractivity (Wildman–Crippen MR) is 48.3 cm³/mol. The Morgan fingerprint density at radius 1 is 1.00 bits per heavy atom. The Balaban J connectivity index is 2.59. The molecule has 0 spiro atoms. The molecule has 1 aliphatic rings. The summed E-state index contributed by atoms with van der Waals surface area (Å²) in [6, 6.07) is 0.0382. The lowest BCUT2D eigenvalue weighted by molar-refractivity contribution is -0.121. The summed E-state index contributed by atoms with van der Waals surface area (Å²) in [5.74, 6) is -8.08. The molecule has 3 nitrogen and oxygen atoms in total. The fraction of sp³-hybridized carbons (Fsp3) is 0.200. The van der Waals surface area contributed by atoms with Gasteiger partial charge in [0.15, 0.2) is 29.1 Å². The molecule has 1 amide bonds. The zero-order valence-electron chi connectivity index (χ0n) is 8.27. The second-order valence-corrected chi connectivity index (χ2v) is 3.51. The summed E-state index contributed by atoms with van der Waals surface area (Å²) in [6.45, 7) is -0.588. The van der Waals surface area contributed by atoms with Crippen LogP contribution >= 0.6 is 0 Å². The van der Waals surface area contributed by atoms with E-state index in [2.05, 4.69) is 0 Å². The minimum Gasteiger partial charge on any atom is -0.299 e. The van der Waals surface area contributed by atoms with Crippen molar-refractivity contribution in [2.75, 3.05) is 11.4 Å². The highest BCUT2D eigenvalue weighted by Gasteiger charge is 2.34. The van der Waals surface area contributed by atoms with E-state index >= 15 is 0 Å². The minimum atomic E-state index is -1.69. The van der Waals surface area contributed by atoms with Crippen LogP contribution < -0.4 is 4.90 Å². The second-order valence-electron chi connectivity index (χ2n) is 3.51. The van der Waals surface area contributed by atoms with Gasteiger partial charge in [0, 0.05) is 6.07 Å². The Kier molecular flexibility index (Phi) is 2.60. The maximum atomic E-state index is 13.3. The van der Waals surface area contributed by atoms with Crippen molar-refractivity contribution in [2.45, 2.75) is 6.42 Å². The first-order chi connectivity index (χ1) is 7.91. The van der Waals surface area contributed by atoms with Crippen molar-refractivity contribution in [3.8, 4) is 0 Å². The lowest BCUT2D eigenvalue weighted by Crippen LogP contribution is -2.27. The second kappa shape index (κ2) is 3.83. The standard InChI is InChI=1S/C10H5F4NO2/c11-5-2-6(12)9(14)10(8(5)13)15-3-4(16)1-7(15)17/h2H,1,3H2. The van der Waals surface area contributed by atoms with Crippen molar-refractivity contribution in [2.24, 2.45) is 0 Å². The minimum absolute atomic E-state index is 0.0382. The van der Waals surface area contributed by atoms with Crippen LogP contribution in [0.3, 0.4) is 0 Å². The van der Waals surface area contributed by atoms with Crippen LogP contribution in [0.2, 0.25) is 0 Å². The van der Waals surface area contributed by atoms with Crippen molar-refractivity contribution in [3.63, 3.8) is 0 Å². The molecule has 1 aromatic carbocycles. The number of benzene rings is 1. The monoisotopic (exact) mass is 247 g/mol. The van der Waals surface area contributed by atoms with Gasteiger partial charge >= 0.3 is 0 Å². The van der Waals surface area contributed by atoms with E-state index in [9.17, 15) is 27.2 Å². The molecular weight excluding hydrogens is 242 g/mol. The van der Waals surface area contributed by atoms with Crippen molar-refractivity contribution < 1.29 is 27.2 Å². The van der Waals surface area contributed by atoms with Crippen LogP contribution in [0, 0.1) is 23.3 Å². The molecule has 0 radical (unpaired) electrons. The highest BCUT2D eigenvalue weighted by Crippen LogP contribution is 2.30. The van der Waals surface area contributed by atoms with Crippen molar-refractivity contribution in [3.05, 3.63) is 29.3 Å². The number of nitrogens with zero attached hydrogens (tertiary/aromatic N) is 1. The van der Waals surface area contributed by atoms with E-state index in [0.29, 0.717) is 4.90 Å². The van der Waals surface area contributed by atoms with E-state index in [1.807, 2.05) is 0 Å². The summed E-state index contributed by atoms with van der Waals surface area (Å²) in [5, 5.41) is 0. The van der Waals surface area contributed by atoms with Gasteiger partial charge in [-0.2, -0.15) is 0 Å². The fourth-order valence-corrected chi connectivity index (χ4v) is 1.59. The third-order valence-electron chi connectivity index (χ3n) is 2.34. The molecule has 1 aliphatic heterocycles. The third kappa shape index (κ3) is 1.77. The third-order valence-corrected chi connectivity index (χ3v) is 2.34. The molecule has 0 atom stereocenters. The average Bonchev–Trinajstić information content (AvgIpc) is 2.56. The number of Topliss-reactive ketones (excluding diaryl/α,β-unsaturated/α-hetero) is 1. The summed E-state index contributed by atoms with van der Waals surface area (Å²) in [4.78, 5) is 22.6. The van der Waals surface area contributed by atoms with E-state index in [1.54, 1.807) is 0 Å². The number of rotatable bonds is 1. The first-order valence-corrected chi connectivity index (χ1v) is 4.57. The number of amides is 1. The van der Waals surface area contributed by atoms with Crippen molar-refractivity contribution >= 4 is 17.4 Å². The van der Waals surface area contributed by atoms with Gasteiger partial charge in [0.25, 0.3) is 0 Å². The maximum Gasteiger partial charge on any atom is 0.235 e. The van der Waals surface area contributed by atoms with Gasteiger partial charge in [0.05, 0.1) is 13.0 Å². The van der Waals surface area contributed by atoms with Crippen LogP contribution in [0.25, 0.3) is 0 Å². The lowest BCUT2D eigenvalue weighted by Gasteiger charge is -2.16. The van der Waals surface area contributed by atoms with Gasteiger partial charge in [-0.3, -0.25) is 14.5 Å². The summed E-state index contributed by atoms with van der Waals surface area (Å²) in [5.41, 5.74) is -1.15. The van der Waals surface area contributed by atoms with E-state index < -0.39 is 53.6 Å². The summed E-state index contributed by atoms with van der Waals surface area (Å²) in [7, 11) is 0. The fourth-order valence-electron chi connectivity index (χ4n) is 1.59. The van der Waals surface area contributed by atoms with Gasteiger partial charge in [0.2, 0.25) is 5.91 Å². The number of halogens is 4. The zero-order chi connectivity index (χ0) is 12.7. The number of anilines is 1. The van der Waals surface area contributed by atoms with E-state index in [-0.39, 0.29) is 6.07 Å². The molecule has 7 heteroatoms. The van der Waals surface area contributed by atoms with Crippen LogP contribution in [0.5, 0.6) is 0 Å². The van der Waals surface area contributed by atoms with E-state index in [1.165, 1.54) is 0 Å². The molecule has 0 N–H and O–H groups in total. The lowest BCUT2D eigenvalue weighted by atomic mass is 10.2. The molecule has 1 heterocycles. The van der Waals surface area contributed by atoms with Crippen molar-refractivity contribution in [1.29, 1.82) is 0 Å². The normalized spacial score (nSPS) is 15.9. The van der Waals surface area contributed by atoms with Crippen LogP contribution in [0.4, 0.5) is 23.2 Å². The number of carbonyl (C=O) groups excluding carboxylic acids is 2. The van der Waals surface area contributed by atoms with Crippen LogP contribution in [-0.4, -0.2) is 18.2 Å². The Morgan fingerprint density at radius 2 is 1.53 bits per heavy atom. The predicted octanol–water partition coefficient (Wildman–Crippen LogP) is 1.55. The molecule has 0 unspecified atom stereocenters. The molecule has 0 saturated carbocycles. The Bertz CT molecular complexity index is 503. The summed E-state index contributed by atoms with van der Waals surface area (Å²) < 4.78 is 52.4. The molecule has 0 aliphatic carbocycles. The Morgan fingerprint density at radius 3 is 1.94 bits per heavy atom. The highest BCUT2D eigenvalue weighted by molar-refractivity contribution is 6.15. The van der Waals surface area contributed by atoms with Gasteiger partial charge in [-0.05, 0) is 0 Å². The molecule has 0 aromatic heterocycles. The van der Waals surface area contributed by atoms with E-state index in [0.717, 1.165) is 0 Å². The maximum absolute atomic E-state index is 13.3. The number of hydrogen-bond donors (Lipinski definition) is 0. The van der Waals surface area contributed by atoms with Gasteiger partial charge in [-0.25, -0.2) is 17.6 Å². The number of hydrogen-bond acceptors (Lipinski definition) is 2. The Hall–Kier alpha value is -1.92. The smallest absolute Gasteiger partial charge is 0.235 e. The number of carbonyl (C=O) groups is 2. The largest absolute Gasteiger partial charge is 0.299 e. The van der Waals surface area contributed by atoms with Crippen LogP contribution in [0.1, 0.15) is 6.42 Å². The van der Waals surface area contributed by atoms with Gasteiger partial charge in [-0.1, -0.05) is 0 Å². The van der Waals surface area contributed by atoms with Crippen LogP contribution in [0.15, 0.2) is 6.07 Å². The molecule has 1 fully saturated rings. The summed E-state index contributed by atoms with van der Waals surface area (Å²) in [6.07, 6.45) is -0.531. The van der Waals surface area contributed by atoms with Gasteiger partial charge in [-0.15, -0.1) is 0 Å². The molecular formula is C10H5F4NO2. The molecule has 90 valence electrons.